The number of likely N-dealkylation sites (tertiary alicyclic amines) is 1. The molecule has 0 saturated carbocycles. The summed E-state index contributed by atoms with van der Waals surface area (Å²) in [6, 6.07) is 6.44. The van der Waals surface area contributed by atoms with Gasteiger partial charge in [0.2, 0.25) is 0 Å². The van der Waals surface area contributed by atoms with Crippen LogP contribution in [-0.4, -0.2) is 42.9 Å². The third-order valence-electron chi connectivity index (χ3n) is 4.86. The summed E-state index contributed by atoms with van der Waals surface area (Å²) in [6.07, 6.45) is 1.78. The van der Waals surface area contributed by atoms with Crippen LogP contribution in [0.15, 0.2) is 22.6 Å². The van der Waals surface area contributed by atoms with Gasteiger partial charge in [-0.3, -0.25) is 4.90 Å². The van der Waals surface area contributed by atoms with Crippen LogP contribution in [0.4, 0.5) is 0 Å². The molecule has 0 aliphatic carbocycles. The molecule has 2 aromatic rings. The van der Waals surface area contributed by atoms with Crippen molar-refractivity contribution in [3.8, 4) is 0 Å². The fourth-order valence-electron chi connectivity index (χ4n) is 3.48. The van der Waals surface area contributed by atoms with Gasteiger partial charge in [0.05, 0.1) is 12.7 Å². The summed E-state index contributed by atoms with van der Waals surface area (Å²) < 4.78 is 11.2. The van der Waals surface area contributed by atoms with E-state index in [4.69, 9.17) is 9.15 Å². The van der Waals surface area contributed by atoms with E-state index < -0.39 is 6.10 Å². The first kappa shape index (κ1) is 15.5. The normalized spacial score (nSPS) is 20.8. The lowest BCUT2D eigenvalue weighted by atomic mass is 10.0. The zero-order valence-electron chi connectivity index (χ0n) is 13.6. The van der Waals surface area contributed by atoms with E-state index in [0.29, 0.717) is 12.6 Å². The Hall–Kier alpha value is -1.36. The van der Waals surface area contributed by atoms with Crippen LogP contribution in [0.5, 0.6) is 0 Å². The molecule has 1 aliphatic rings. The van der Waals surface area contributed by atoms with Crippen LogP contribution in [0.25, 0.3) is 11.0 Å². The summed E-state index contributed by atoms with van der Waals surface area (Å²) in [5.74, 6) is 0.924. The third kappa shape index (κ3) is 2.78. The van der Waals surface area contributed by atoms with Gasteiger partial charge in [-0.05, 0) is 38.8 Å². The maximum absolute atomic E-state index is 10.7. The van der Waals surface area contributed by atoms with Gasteiger partial charge in [-0.15, -0.1) is 0 Å². The third-order valence-corrected chi connectivity index (χ3v) is 4.86. The highest BCUT2D eigenvalue weighted by Crippen LogP contribution is 2.32. The van der Waals surface area contributed by atoms with E-state index in [-0.39, 0.29) is 0 Å². The van der Waals surface area contributed by atoms with Gasteiger partial charge in [-0.1, -0.05) is 18.2 Å². The number of nitrogens with zero attached hydrogens (tertiary/aromatic N) is 1. The number of hydrogen-bond acceptors (Lipinski definition) is 4. The van der Waals surface area contributed by atoms with E-state index in [1.165, 1.54) is 6.42 Å². The summed E-state index contributed by atoms with van der Waals surface area (Å²) in [6.45, 7) is 6.42. The number of rotatable bonds is 5. The zero-order valence-corrected chi connectivity index (χ0v) is 13.6. The molecule has 2 heterocycles. The Morgan fingerprint density at radius 2 is 2.23 bits per heavy atom. The van der Waals surface area contributed by atoms with Crippen molar-refractivity contribution in [1.29, 1.82) is 0 Å². The highest BCUT2D eigenvalue weighted by molar-refractivity contribution is 5.85. The van der Waals surface area contributed by atoms with Crippen molar-refractivity contribution in [2.75, 3.05) is 26.8 Å². The predicted molar refractivity (Wildman–Crippen MR) is 87.1 cm³/mol. The molecule has 0 bridgehead atoms. The van der Waals surface area contributed by atoms with Gasteiger partial charge in [-0.2, -0.15) is 0 Å². The summed E-state index contributed by atoms with van der Waals surface area (Å²) in [5.41, 5.74) is 2.87. The molecule has 0 amide bonds. The highest BCUT2D eigenvalue weighted by atomic mass is 16.5. The molecule has 3 rings (SSSR count). The number of ether oxygens (including phenoxy) is 1. The largest absolute Gasteiger partial charge is 0.461 e. The Balaban J connectivity index is 1.83. The smallest absolute Gasteiger partial charge is 0.140 e. The zero-order chi connectivity index (χ0) is 15.7. The van der Waals surface area contributed by atoms with Crippen molar-refractivity contribution in [2.45, 2.75) is 38.8 Å². The van der Waals surface area contributed by atoms with Crippen LogP contribution in [0.3, 0.4) is 0 Å². The van der Waals surface area contributed by atoms with Crippen LogP contribution in [0, 0.1) is 13.8 Å². The van der Waals surface area contributed by atoms with Crippen molar-refractivity contribution in [2.24, 2.45) is 0 Å². The van der Waals surface area contributed by atoms with Crippen LogP contribution >= 0.6 is 0 Å². The fourth-order valence-corrected chi connectivity index (χ4v) is 3.48. The van der Waals surface area contributed by atoms with Gasteiger partial charge >= 0.3 is 0 Å². The van der Waals surface area contributed by atoms with Gasteiger partial charge in [0.25, 0.3) is 0 Å². The second kappa shape index (κ2) is 6.41. The minimum atomic E-state index is -0.536. The van der Waals surface area contributed by atoms with Crippen molar-refractivity contribution >= 4 is 11.0 Å². The molecule has 2 atom stereocenters. The maximum Gasteiger partial charge on any atom is 0.140 e. The standard InChI is InChI=1S/C18H25NO3/c1-12-13(2)22-18-15(12)7-4-8-16(18)17(20)10-19-9-5-6-14(19)11-21-3/h4,7-8,14,17,20H,5-6,9-11H2,1-3H3. The molecule has 120 valence electrons. The van der Waals surface area contributed by atoms with Gasteiger partial charge in [0.1, 0.15) is 11.3 Å². The number of aliphatic hydroxyl groups is 1. The minimum absolute atomic E-state index is 0.416. The Labute approximate surface area is 131 Å². The van der Waals surface area contributed by atoms with Crippen molar-refractivity contribution in [1.82, 2.24) is 4.90 Å². The quantitative estimate of drug-likeness (QED) is 0.921. The molecule has 1 aromatic carbocycles. The number of furan rings is 1. The number of fused-ring (bicyclic) bond motifs is 1. The van der Waals surface area contributed by atoms with E-state index in [1.54, 1.807) is 7.11 Å². The van der Waals surface area contributed by atoms with Gasteiger partial charge < -0.3 is 14.3 Å². The summed E-state index contributed by atoms with van der Waals surface area (Å²) >= 11 is 0. The summed E-state index contributed by atoms with van der Waals surface area (Å²) in [5, 5.41) is 11.8. The lowest BCUT2D eigenvalue weighted by Gasteiger charge is -2.26. The Morgan fingerprint density at radius 1 is 1.41 bits per heavy atom. The molecule has 4 nitrogen and oxygen atoms in total. The average molecular weight is 303 g/mol. The molecule has 1 aromatic heterocycles. The van der Waals surface area contributed by atoms with Crippen molar-refractivity contribution < 1.29 is 14.3 Å². The average Bonchev–Trinajstić information content (AvgIpc) is 3.05. The first-order valence-corrected chi connectivity index (χ1v) is 8.01. The van der Waals surface area contributed by atoms with Gasteiger partial charge in [0.15, 0.2) is 0 Å². The number of methoxy groups -OCH3 is 1. The van der Waals surface area contributed by atoms with E-state index in [9.17, 15) is 5.11 Å². The number of hydrogen-bond donors (Lipinski definition) is 1. The van der Waals surface area contributed by atoms with E-state index >= 15 is 0 Å². The van der Waals surface area contributed by atoms with Crippen LogP contribution in [0.2, 0.25) is 0 Å². The van der Waals surface area contributed by atoms with Crippen molar-refractivity contribution in [3.63, 3.8) is 0 Å². The first-order chi connectivity index (χ1) is 10.6. The number of aryl methyl sites for hydroxylation is 2. The number of para-hydroxylation sites is 1. The summed E-state index contributed by atoms with van der Waals surface area (Å²) in [4.78, 5) is 2.33. The predicted octanol–water partition coefficient (Wildman–Crippen LogP) is 3.19. The topological polar surface area (TPSA) is 45.8 Å². The molecule has 0 radical (unpaired) electrons. The molecule has 22 heavy (non-hydrogen) atoms. The number of benzene rings is 1. The molecule has 1 saturated heterocycles. The SMILES string of the molecule is COCC1CCCN1CC(O)c1cccc2c(C)c(C)oc12. The monoisotopic (exact) mass is 303 g/mol. The molecule has 1 aliphatic heterocycles. The Kier molecular flexibility index (Phi) is 4.52. The van der Waals surface area contributed by atoms with Gasteiger partial charge in [0, 0.05) is 30.6 Å². The van der Waals surface area contributed by atoms with E-state index in [0.717, 1.165) is 47.4 Å². The number of β-amino-alcohol motifs (C(OH)–C–C–N with tert-alkyl or cyclic N) is 1. The fraction of sp³-hybridized carbons (Fsp3) is 0.556. The molecule has 1 fully saturated rings. The molecule has 1 N–H and O–H groups in total. The Morgan fingerprint density at radius 3 is 3.00 bits per heavy atom. The minimum Gasteiger partial charge on any atom is -0.461 e. The summed E-state index contributed by atoms with van der Waals surface area (Å²) in [7, 11) is 1.74. The van der Waals surface area contributed by atoms with Crippen LogP contribution in [0.1, 0.15) is 35.8 Å². The first-order valence-electron chi connectivity index (χ1n) is 8.01. The van der Waals surface area contributed by atoms with Crippen LogP contribution < -0.4 is 0 Å². The second-order valence-corrected chi connectivity index (χ2v) is 6.27. The lowest BCUT2D eigenvalue weighted by Crippen LogP contribution is -2.36. The second-order valence-electron chi connectivity index (χ2n) is 6.27. The molecular weight excluding hydrogens is 278 g/mol. The van der Waals surface area contributed by atoms with Crippen molar-refractivity contribution in [3.05, 3.63) is 35.1 Å². The Bertz CT molecular complexity index is 649. The molecular formula is C18H25NO3. The van der Waals surface area contributed by atoms with Gasteiger partial charge in [-0.25, -0.2) is 0 Å². The van der Waals surface area contributed by atoms with Crippen LogP contribution in [-0.2, 0) is 4.74 Å². The van der Waals surface area contributed by atoms with E-state index in [2.05, 4.69) is 17.9 Å². The molecule has 2 unspecified atom stereocenters. The van der Waals surface area contributed by atoms with E-state index in [1.807, 2.05) is 19.1 Å². The lowest BCUT2D eigenvalue weighted by molar-refractivity contribution is 0.0705. The molecule has 4 heteroatoms. The number of aliphatic hydroxyl groups excluding tert-OH is 1. The maximum atomic E-state index is 10.7. The highest BCUT2D eigenvalue weighted by Gasteiger charge is 2.27. The molecule has 0 spiro atoms.